The monoisotopic (exact) mass is 263 g/mol. The molecule has 1 atom stereocenters. The lowest BCUT2D eigenvalue weighted by molar-refractivity contribution is -0.133. The predicted molar refractivity (Wildman–Crippen MR) is 71.8 cm³/mol. The highest BCUT2D eigenvalue weighted by Crippen LogP contribution is 2.11. The zero-order valence-corrected chi connectivity index (χ0v) is 11.5. The topological polar surface area (TPSA) is 83.3 Å². The number of furan rings is 1. The number of rotatable bonds is 7. The Morgan fingerprint density at radius 2 is 2.32 bits per heavy atom. The largest absolute Gasteiger partial charge is 0.467 e. The molecular formula is C14H21N3O2. The SMILES string of the molecule is CC(C)C[C@@H](N)C(=O)N(CCC#N)Cc1ccco1. The van der Waals surface area contributed by atoms with Gasteiger partial charge in [-0.3, -0.25) is 4.79 Å². The summed E-state index contributed by atoms with van der Waals surface area (Å²) >= 11 is 0. The van der Waals surface area contributed by atoms with Gasteiger partial charge in [0, 0.05) is 6.54 Å². The van der Waals surface area contributed by atoms with E-state index in [1.165, 1.54) is 0 Å². The molecule has 0 spiro atoms. The van der Waals surface area contributed by atoms with Crippen LogP contribution in [0, 0.1) is 17.2 Å². The van der Waals surface area contributed by atoms with E-state index in [1.54, 1.807) is 23.3 Å². The van der Waals surface area contributed by atoms with Crippen LogP contribution in [0.4, 0.5) is 0 Å². The number of hydrogen-bond acceptors (Lipinski definition) is 4. The van der Waals surface area contributed by atoms with Gasteiger partial charge in [-0.25, -0.2) is 0 Å². The summed E-state index contributed by atoms with van der Waals surface area (Å²) in [6, 6.07) is 5.11. The van der Waals surface area contributed by atoms with Crippen molar-refractivity contribution in [2.45, 2.75) is 39.3 Å². The van der Waals surface area contributed by atoms with Gasteiger partial charge in [-0.2, -0.15) is 5.26 Å². The van der Waals surface area contributed by atoms with E-state index in [9.17, 15) is 4.79 Å². The van der Waals surface area contributed by atoms with Gasteiger partial charge in [0.1, 0.15) is 5.76 Å². The number of carbonyl (C=O) groups is 1. The first kappa shape index (κ1) is 15.3. The van der Waals surface area contributed by atoms with E-state index in [2.05, 4.69) is 0 Å². The number of nitrogens with two attached hydrogens (primary N) is 1. The van der Waals surface area contributed by atoms with Crippen LogP contribution in [-0.2, 0) is 11.3 Å². The van der Waals surface area contributed by atoms with Gasteiger partial charge in [-0.1, -0.05) is 13.8 Å². The Labute approximate surface area is 114 Å². The minimum absolute atomic E-state index is 0.125. The zero-order valence-electron chi connectivity index (χ0n) is 11.5. The average molecular weight is 263 g/mol. The molecule has 1 aromatic heterocycles. The summed E-state index contributed by atoms with van der Waals surface area (Å²) in [7, 11) is 0. The fourth-order valence-corrected chi connectivity index (χ4v) is 1.89. The van der Waals surface area contributed by atoms with E-state index < -0.39 is 6.04 Å². The molecule has 0 aromatic carbocycles. The molecule has 5 nitrogen and oxygen atoms in total. The molecule has 0 radical (unpaired) electrons. The Morgan fingerprint density at radius 3 is 2.84 bits per heavy atom. The van der Waals surface area contributed by atoms with Crippen molar-refractivity contribution in [1.82, 2.24) is 4.90 Å². The van der Waals surface area contributed by atoms with Gasteiger partial charge in [0.05, 0.1) is 31.3 Å². The molecule has 5 heteroatoms. The summed E-state index contributed by atoms with van der Waals surface area (Å²) in [5.74, 6) is 0.934. The summed E-state index contributed by atoms with van der Waals surface area (Å²) in [4.78, 5) is 13.9. The highest BCUT2D eigenvalue weighted by atomic mass is 16.3. The third-order valence-corrected chi connectivity index (χ3v) is 2.77. The zero-order chi connectivity index (χ0) is 14.3. The highest BCUT2D eigenvalue weighted by molar-refractivity contribution is 5.81. The second-order valence-electron chi connectivity index (χ2n) is 4.98. The predicted octanol–water partition coefficient (Wildman–Crippen LogP) is 1.90. The van der Waals surface area contributed by atoms with E-state index in [-0.39, 0.29) is 5.91 Å². The number of carbonyl (C=O) groups excluding carboxylic acids is 1. The lowest BCUT2D eigenvalue weighted by atomic mass is 10.0. The third-order valence-electron chi connectivity index (χ3n) is 2.77. The molecule has 0 aliphatic heterocycles. The standard InChI is InChI=1S/C14H21N3O2/c1-11(2)9-13(16)14(18)17(7-4-6-15)10-12-5-3-8-19-12/h3,5,8,11,13H,4,7,9-10,16H2,1-2H3/t13-/m1/s1. The summed E-state index contributed by atoms with van der Waals surface area (Å²) < 4.78 is 5.24. The van der Waals surface area contributed by atoms with Crippen molar-refractivity contribution in [2.75, 3.05) is 6.54 Å². The van der Waals surface area contributed by atoms with Crippen LogP contribution in [0.3, 0.4) is 0 Å². The molecule has 0 bridgehead atoms. The fraction of sp³-hybridized carbons (Fsp3) is 0.571. The van der Waals surface area contributed by atoms with Crippen LogP contribution in [0.5, 0.6) is 0 Å². The number of amides is 1. The number of hydrogen-bond donors (Lipinski definition) is 1. The van der Waals surface area contributed by atoms with Gasteiger partial charge in [-0.05, 0) is 24.5 Å². The van der Waals surface area contributed by atoms with Crippen molar-refractivity contribution < 1.29 is 9.21 Å². The molecule has 1 heterocycles. The van der Waals surface area contributed by atoms with Crippen molar-refractivity contribution >= 4 is 5.91 Å². The summed E-state index contributed by atoms with van der Waals surface area (Å²) in [6.07, 6.45) is 2.50. The molecule has 1 amide bonds. The van der Waals surface area contributed by atoms with Crippen molar-refractivity contribution in [3.05, 3.63) is 24.2 Å². The third kappa shape index (κ3) is 5.14. The average Bonchev–Trinajstić information content (AvgIpc) is 2.85. The van der Waals surface area contributed by atoms with Gasteiger partial charge < -0.3 is 15.1 Å². The normalized spacial score (nSPS) is 12.2. The van der Waals surface area contributed by atoms with Crippen LogP contribution in [0.1, 0.15) is 32.4 Å². The maximum absolute atomic E-state index is 12.3. The molecule has 0 aliphatic rings. The molecule has 0 unspecified atom stereocenters. The van der Waals surface area contributed by atoms with Crippen LogP contribution < -0.4 is 5.73 Å². The second-order valence-corrected chi connectivity index (χ2v) is 4.98. The van der Waals surface area contributed by atoms with E-state index >= 15 is 0 Å². The Hall–Kier alpha value is -1.80. The van der Waals surface area contributed by atoms with Crippen molar-refractivity contribution in [1.29, 1.82) is 5.26 Å². The Morgan fingerprint density at radius 1 is 1.58 bits per heavy atom. The lowest BCUT2D eigenvalue weighted by Gasteiger charge is -2.24. The van der Waals surface area contributed by atoms with E-state index in [1.807, 2.05) is 19.9 Å². The van der Waals surface area contributed by atoms with Gasteiger partial charge in [-0.15, -0.1) is 0 Å². The molecule has 0 fully saturated rings. The van der Waals surface area contributed by atoms with Crippen LogP contribution in [0.25, 0.3) is 0 Å². The molecule has 104 valence electrons. The summed E-state index contributed by atoms with van der Waals surface area (Å²) in [6.45, 7) is 4.79. The molecule has 1 aromatic rings. The fourth-order valence-electron chi connectivity index (χ4n) is 1.89. The first-order valence-corrected chi connectivity index (χ1v) is 6.48. The Kier molecular flexibility index (Phi) is 6.10. The van der Waals surface area contributed by atoms with Gasteiger partial charge in [0.15, 0.2) is 0 Å². The Bertz CT molecular complexity index is 420. The van der Waals surface area contributed by atoms with Gasteiger partial charge in [0.2, 0.25) is 5.91 Å². The first-order valence-electron chi connectivity index (χ1n) is 6.48. The molecule has 1 rings (SSSR count). The lowest BCUT2D eigenvalue weighted by Crippen LogP contribution is -2.44. The minimum Gasteiger partial charge on any atom is -0.467 e. The number of nitriles is 1. The minimum atomic E-state index is -0.520. The molecule has 0 saturated carbocycles. The molecule has 0 saturated heterocycles. The van der Waals surface area contributed by atoms with Gasteiger partial charge in [0.25, 0.3) is 0 Å². The van der Waals surface area contributed by atoms with Crippen molar-refractivity contribution in [3.8, 4) is 6.07 Å². The van der Waals surface area contributed by atoms with Crippen LogP contribution in [0.15, 0.2) is 22.8 Å². The molecular weight excluding hydrogens is 242 g/mol. The second kappa shape index (κ2) is 7.59. The van der Waals surface area contributed by atoms with E-state index in [0.29, 0.717) is 37.6 Å². The Balaban J connectivity index is 2.67. The molecule has 0 aliphatic carbocycles. The van der Waals surface area contributed by atoms with Crippen LogP contribution in [0.2, 0.25) is 0 Å². The quantitative estimate of drug-likeness (QED) is 0.814. The maximum Gasteiger partial charge on any atom is 0.239 e. The summed E-state index contributed by atoms with van der Waals surface area (Å²) in [5.41, 5.74) is 5.92. The first-order chi connectivity index (χ1) is 9.04. The number of nitrogens with zero attached hydrogens (tertiary/aromatic N) is 2. The van der Waals surface area contributed by atoms with Crippen LogP contribution in [-0.4, -0.2) is 23.4 Å². The van der Waals surface area contributed by atoms with Crippen LogP contribution >= 0.6 is 0 Å². The smallest absolute Gasteiger partial charge is 0.239 e. The maximum atomic E-state index is 12.3. The van der Waals surface area contributed by atoms with Gasteiger partial charge >= 0.3 is 0 Å². The summed E-state index contributed by atoms with van der Waals surface area (Å²) in [5, 5.41) is 8.66. The van der Waals surface area contributed by atoms with Crippen molar-refractivity contribution in [2.24, 2.45) is 11.7 Å². The van der Waals surface area contributed by atoms with E-state index in [0.717, 1.165) is 0 Å². The van der Waals surface area contributed by atoms with E-state index in [4.69, 9.17) is 15.4 Å². The van der Waals surface area contributed by atoms with Crippen molar-refractivity contribution in [3.63, 3.8) is 0 Å². The molecule has 19 heavy (non-hydrogen) atoms. The molecule has 2 N–H and O–H groups in total. The highest BCUT2D eigenvalue weighted by Gasteiger charge is 2.22.